The molecule has 2 saturated heterocycles. The predicted molar refractivity (Wildman–Crippen MR) is 121 cm³/mol. The number of likely N-dealkylation sites (tertiary alicyclic amines) is 2. The molecule has 0 saturated carbocycles. The van der Waals surface area contributed by atoms with Gasteiger partial charge in [0.1, 0.15) is 17.9 Å². The summed E-state index contributed by atoms with van der Waals surface area (Å²) < 4.78 is 6.10. The summed E-state index contributed by atoms with van der Waals surface area (Å²) in [6, 6.07) is 17.0. The van der Waals surface area contributed by atoms with Gasteiger partial charge >= 0.3 is 0 Å². The lowest BCUT2D eigenvalue weighted by Gasteiger charge is -2.27. The molecule has 31 heavy (non-hydrogen) atoms. The van der Waals surface area contributed by atoms with Crippen LogP contribution in [0.1, 0.15) is 37.7 Å². The minimum absolute atomic E-state index is 0.0377. The van der Waals surface area contributed by atoms with E-state index in [9.17, 15) is 9.59 Å². The van der Waals surface area contributed by atoms with Crippen molar-refractivity contribution < 1.29 is 14.3 Å². The molecule has 0 radical (unpaired) electrons. The normalized spacial score (nSPS) is 20.8. The monoisotopic (exact) mass is 440 g/mol. The summed E-state index contributed by atoms with van der Waals surface area (Å²) in [6.07, 6.45) is 4.47. The lowest BCUT2D eigenvalue weighted by Crippen LogP contribution is -2.46. The van der Waals surface area contributed by atoms with Crippen LogP contribution in [0, 0.1) is 0 Å². The summed E-state index contributed by atoms with van der Waals surface area (Å²) in [5, 5.41) is 0.649. The van der Waals surface area contributed by atoms with Crippen LogP contribution in [-0.4, -0.2) is 53.4 Å². The van der Waals surface area contributed by atoms with Crippen molar-refractivity contribution in [2.24, 2.45) is 0 Å². The highest BCUT2D eigenvalue weighted by atomic mass is 35.5. The van der Waals surface area contributed by atoms with Gasteiger partial charge in [0.25, 0.3) is 0 Å². The van der Waals surface area contributed by atoms with Gasteiger partial charge in [0, 0.05) is 31.0 Å². The maximum absolute atomic E-state index is 13.2. The fourth-order valence-electron chi connectivity index (χ4n) is 4.48. The van der Waals surface area contributed by atoms with Gasteiger partial charge in [0.05, 0.1) is 6.54 Å². The van der Waals surface area contributed by atoms with Crippen LogP contribution in [0.25, 0.3) is 0 Å². The van der Waals surface area contributed by atoms with E-state index in [4.69, 9.17) is 16.3 Å². The van der Waals surface area contributed by atoms with Crippen LogP contribution >= 0.6 is 11.6 Å². The molecule has 0 bridgehead atoms. The highest BCUT2D eigenvalue weighted by Gasteiger charge is 2.42. The second kappa shape index (κ2) is 10.2. The number of carbonyl (C=O) groups excluding carboxylic acids is 2. The zero-order valence-electron chi connectivity index (χ0n) is 17.7. The average molecular weight is 441 g/mol. The largest absolute Gasteiger partial charge is 0.488 e. The molecule has 5 nitrogen and oxygen atoms in total. The molecule has 164 valence electrons. The molecule has 2 aromatic rings. The maximum Gasteiger partial charge on any atom is 0.245 e. The highest BCUT2D eigenvalue weighted by Crippen LogP contribution is 2.27. The molecule has 2 aromatic carbocycles. The van der Waals surface area contributed by atoms with Crippen LogP contribution in [0.3, 0.4) is 0 Å². The Labute approximate surface area is 188 Å². The molecule has 2 heterocycles. The van der Waals surface area contributed by atoms with Crippen molar-refractivity contribution in [3.63, 3.8) is 0 Å². The van der Waals surface area contributed by atoms with E-state index in [0.29, 0.717) is 30.2 Å². The summed E-state index contributed by atoms with van der Waals surface area (Å²) in [4.78, 5) is 29.9. The van der Waals surface area contributed by atoms with Crippen LogP contribution in [0.2, 0.25) is 5.02 Å². The van der Waals surface area contributed by atoms with E-state index in [1.54, 1.807) is 17.0 Å². The van der Waals surface area contributed by atoms with E-state index in [2.05, 4.69) is 12.1 Å². The maximum atomic E-state index is 13.2. The Morgan fingerprint density at radius 1 is 1.00 bits per heavy atom. The first-order chi connectivity index (χ1) is 15.1. The number of aryl methyl sites for hydroxylation is 1. The summed E-state index contributed by atoms with van der Waals surface area (Å²) in [7, 11) is 0. The zero-order chi connectivity index (χ0) is 21.6. The Kier molecular flexibility index (Phi) is 7.13. The third-order valence-corrected chi connectivity index (χ3v) is 6.35. The van der Waals surface area contributed by atoms with Crippen molar-refractivity contribution in [1.82, 2.24) is 9.80 Å². The molecule has 4 rings (SSSR count). The van der Waals surface area contributed by atoms with Gasteiger partial charge in [-0.15, -0.1) is 0 Å². The van der Waals surface area contributed by atoms with Crippen molar-refractivity contribution >= 4 is 23.4 Å². The van der Waals surface area contributed by atoms with E-state index in [0.717, 1.165) is 38.8 Å². The van der Waals surface area contributed by atoms with Crippen LogP contribution in [0.15, 0.2) is 54.6 Å². The predicted octanol–water partition coefficient (Wildman–Crippen LogP) is 4.33. The minimum atomic E-state index is -0.431. The first kappa shape index (κ1) is 21.7. The van der Waals surface area contributed by atoms with Gasteiger partial charge in [-0.3, -0.25) is 9.59 Å². The summed E-state index contributed by atoms with van der Waals surface area (Å²) >= 11 is 5.96. The molecule has 2 aliphatic heterocycles. The topological polar surface area (TPSA) is 49.9 Å². The fourth-order valence-corrected chi connectivity index (χ4v) is 4.60. The van der Waals surface area contributed by atoms with E-state index in [-0.39, 0.29) is 17.9 Å². The van der Waals surface area contributed by atoms with Gasteiger partial charge in [-0.25, -0.2) is 0 Å². The number of rotatable bonds is 7. The lowest BCUT2D eigenvalue weighted by atomic mass is 10.1. The van der Waals surface area contributed by atoms with Gasteiger partial charge in [0.15, 0.2) is 0 Å². The van der Waals surface area contributed by atoms with Crippen LogP contribution in [0.5, 0.6) is 5.75 Å². The standard InChI is InChI=1S/C25H29ClN2O3/c26-20-11-13-21(14-12-20)31-22-17-23(25(30)27-15-4-5-16-27)28(18-22)24(29)10-6-9-19-7-2-1-3-8-19/h1-3,7-8,11-14,22-23H,4-6,9-10,15-18H2/t22?,23-/m1/s1. The lowest BCUT2D eigenvalue weighted by molar-refractivity contribution is -0.143. The van der Waals surface area contributed by atoms with E-state index < -0.39 is 6.04 Å². The number of carbonyl (C=O) groups is 2. The Morgan fingerprint density at radius 3 is 2.42 bits per heavy atom. The molecule has 2 amide bonds. The first-order valence-corrected chi connectivity index (χ1v) is 11.5. The third kappa shape index (κ3) is 5.59. The molecule has 0 aliphatic carbocycles. The Hall–Kier alpha value is -2.53. The number of amides is 2. The quantitative estimate of drug-likeness (QED) is 0.643. The SMILES string of the molecule is O=C([C@H]1CC(Oc2ccc(Cl)cc2)CN1C(=O)CCCc1ccccc1)N1CCCC1. The number of nitrogens with zero attached hydrogens (tertiary/aromatic N) is 2. The Bertz CT molecular complexity index is 881. The fraction of sp³-hybridized carbons (Fsp3) is 0.440. The van der Waals surface area contributed by atoms with E-state index in [1.165, 1.54) is 5.56 Å². The minimum Gasteiger partial charge on any atom is -0.488 e. The number of ether oxygens (including phenoxy) is 1. The van der Waals surface area contributed by atoms with Gasteiger partial charge in [-0.05, 0) is 55.5 Å². The molecule has 0 aromatic heterocycles. The Morgan fingerprint density at radius 2 is 1.71 bits per heavy atom. The molecule has 2 aliphatic rings. The molecule has 2 atom stereocenters. The number of hydrogen-bond acceptors (Lipinski definition) is 3. The van der Waals surface area contributed by atoms with Crippen molar-refractivity contribution in [3.05, 3.63) is 65.2 Å². The van der Waals surface area contributed by atoms with Crippen molar-refractivity contribution in [2.75, 3.05) is 19.6 Å². The molecule has 1 unspecified atom stereocenters. The molecular formula is C25H29ClN2O3. The van der Waals surface area contributed by atoms with Crippen molar-refractivity contribution in [2.45, 2.75) is 50.7 Å². The molecule has 6 heteroatoms. The van der Waals surface area contributed by atoms with Gasteiger partial charge in [-0.1, -0.05) is 41.9 Å². The first-order valence-electron chi connectivity index (χ1n) is 11.1. The second-order valence-electron chi connectivity index (χ2n) is 8.36. The number of hydrogen-bond donors (Lipinski definition) is 0. The Balaban J connectivity index is 1.40. The van der Waals surface area contributed by atoms with Gasteiger partial charge in [-0.2, -0.15) is 0 Å². The third-order valence-electron chi connectivity index (χ3n) is 6.10. The number of benzene rings is 2. The highest BCUT2D eigenvalue weighted by molar-refractivity contribution is 6.30. The second-order valence-corrected chi connectivity index (χ2v) is 8.80. The van der Waals surface area contributed by atoms with Gasteiger partial charge in [0.2, 0.25) is 11.8 Å². The molecule has 0 spiro atoms. The molecule has 0 N–H and O–H groups in total. The molecular weight excluding hydrogens is 412 g/mol. The zero-order valence-corrected chi connectivity index (χ0v) is 18.5. The van der Waals surface area contributed by atoms with Crippen LogP contribution < -0.4 is 4.74 Å². The number of halogens is 1. The van der Waals surface area contributed by atoms with Gasteiger partial charge < -0.3 is 14.5 Å². The van der Waals surface area contributed by atoms with Crippen LogP contribution in [0.4, 0.5) is 0 Å². The van der Waals surface area contributed by atoms with Crippen LogP contribution in [-0.2, 0) is 16.0 Å². The smallest absolute Gasteiger partial charge is 0.245 e. The van der Waals surface area contributed by atoms with Crippen molar-refractivity contribution in [1.29, 1.82) is 0 Å². The summed E-state index contributed by atoms with van der Waals surface area (Å²) in [5.74, 6) is 0.812. The summed E-state index contributed by atoms with van der Waals surface area (Å²) in [5.41, 5.74) is 1.23. The van der Waals surface area contributed by atoms with E-state index >= 15 is 0 Å². The van der Waals surface area contributed by atoms with E-state index in [1.807, 2.05) is 35.2 Å². The molecule has 2 fully saturated rings. The summed E-state index contributed by atoms with van der Waals surface area (Å²) in [6.45, 7) is 2.01. The average Bonchev–Trinajstić information content (AvgIpc) is 3.46. The van der Waals surface area contributed by atoms with Crippen molar-refractivity contribution in [3.8, 4) is 5.75 Å².